The summed E-state index contributed by atoms with van der Waals surface area (Å²) in [6.45, 7) is 14.4. The highest BCUT2D eigenvalue weighted by Crippen LogP contribution is 2.14. The number of rotatable bonds is 11. The van der Waals surface area contributed by atoms with E-state index in [-0.39, 0.29) is 0 Å². The molecular formula is C23H40N4O4. The second kappa shape index (κ2) is 13.0. The van der Waals surface area contributed by atoms with Gasteiger partial charge in [0.1, 0.15) is 11.4 Å². The van der Waals surface area contributed by atoms with Crippen molar-refractivity contribution in [2.24, 2.45) is 4.99 Å². The molecule has 1 aromatic rings. The average Bonchev–Trinajstić information content (AvgIpc) is 2.66. The fourth-order valence-corrected chi connectivity index (χ4v) is 2.57. The van der Waals surface area contributed by atoms with Crippen LogP contribution < -0.4 is 20.7 Å². The van der Waals surface area contributed by atoms with Crippen LogP contribution in [-0.4, -0.2) is 56.6 Å². The number of nitrogens with one attached hydrogen (secondary N) is 3. The largest absolute Gasteiger partial charge is 0.493 e. The molecule has 0 aliphatic heterocycles. The zero-order valence-corrected chi connectivity index (χ0v) is 20.1. The van der Waals surface area contributed by atoms with Crippen LogP contribution in [0.15, 0.2) is 29.3 Å². The van der Waals surface area contributed by atoms with Crippen molar-refractivity contribution in [2.75, 3.05) is 33.4 Å². The summed E-state index contributed by atoms with van der Waals surface area (Å²) in [5.74, 6) is 1.50. The second-order valence-electron chi connectivity index (χ2n) is 8.90. The summed E-state index contributed by atoms with van der Waals surface area (Å²) < 4.78 is 16.1. The molecule has 1 rings (SSSR count). The molecule has 0 aromatic heterocycles. The summed E-state index contributed by atoms with van der Waals surface area (Å²) >= 11 is 0. The predicted molar refractivity (Wildman–Crippen MR) is 125 cm³/mol. The zero-order valence-electron chi connectivity index (χ0n) is 20.1. The van der Waals surface area contributed by atoms with E-state index in [9.17, 15) is 4.79 Å². The van der Waals surface area contributed by atoms with Crippen LogP contribution in [0.25, 0.3) is 0 Å². The van der Waals surface area contributed by atoms with Crippen molar-refractivity contribution in [1.82, 2.24) is 16.0 Å². The van der Waals surface area contributed by atoms with Crippen LogP contribution >= 0.6 is 0 Å². The number of amides is 1. The minimum Gasteiger partial charge on any atom is -0.493 e. The lowest BCUT2D eigenvalue weighted by Crippen LogP contribution is -2.54. The summed E-state index contributed by atoms with van der Waals surface area (Å²) in [6, 6.07) is 7.91. The first-order chi connectivity index (χ1) is 14.5. The van der Waals surface area contributed by atoms with Crippen LogP contribution in [0, 0.1) is 0 Å². The number of carbonyl (C=O) groups is 1. The fourth-order valence-electron chi connectivity index (χ4n) is 2.57. The Morgan fingerprint density at radius 1 is 1.10 bits per heavy atom. The van der Waals surface area contributed by atoms with E-state index < -0.39 is 17.2 Å². The molecule has 0 bridgehead atoms. The van der Waals surface area contributed by atoms with E-state index in [0.717, 1.165) is 24.3 Å². The number of methoxy groups -OCH3 is 1. The Bertz CT molecular complexity index is 699. The maximum absolute atomic E-state index is 12.1. The van der Waals surface area contributed by atoms with Crippen LogP contribution in [0.1, 0.15) is 53.5 Å². The Kier molecular flexibility index (Phi) is 11.2. The van der Waals surface area contributed by atoms with Crippen LogP contribution in [0.3, 0.4) is 0 Å². The number of ether oxygens (including phenoxy) is 3. The average molecular weight is 437 g/mol. The molecule has 0 saturated carbocycles. The van der Waals surface area contributed by atoms with E-state index in [0.29, 0.717) is 32.3 Å². The molecule has 0 atom stereocenters. The molecule has 0 heterocycles. The van der Waals surface area contributed by atoms with Crippen molar-refractivity contribution >= 4 is 12.1 Å². The summed E-state index contributed by atoms with van der Waals surface area (Å²) in [6.07, 6.45) is 0.407. The Labute approximate surface area is 187 Å². The number of alkyl carbamates (subject to hydrolysis) is 1. The van der Waals surface area contributed by atoms with Crippen LogP contribution in [0.2, 0.25) is 0 Å². The molecule has 0 aliphatic carbocycles. The van der Waals surface area contributed by atoms with Crippen molar-refractivity contribution in [3.63, 3.8) is 0 Å². The Morgan fingerprint density at radius 3 is 2.48 bits per heavy atom. The lowest BCUT2D eigenvalue weighted by atomic mass is 10.1. The van der Waals surface area contributed by atoms with Gasteiger partial charge in [-0.05, 0) is 59.2 Å². The van der Waals surface area contributed by atoms with Crippen LogP contribution in [-0.2, 0) is 16.0 Å². The molecule has 1 amide bonds. The SMILES string of the molecule is CCNC(=NCc1cccc(OCCCOC)c1)NCC(C)(C)NC(=O)OC(C)(C)C. The monoisotopic (exact) mass is 436 g/mol. The van der Waals surface area contributed by atoms with Gasteiger partial charge in [-0.3, -0.25) is 0 Å². The summed E-state index contributed by atoms with van der Waals surface area (Å²) in [5, 5.41) is 9.40. The van der Waals surface area contributed by atoms with Gasteiger partial charge in [0.2, 0.25) is 0 Å². The number of benzene rings is 1. The van der Waals surface area contributed by atoms with Crippen molar-refractivity contribution in [3.05, 3.63) is 29.8 Å². The molecule has 3 N–H and O–H groups in total. The van der Waals surface area contributed by atoms with Gasteiger partial charge in [-0.2, -0.15) is 0 Å². The first kappa shape index (κ1) is 26.6. The molecule has 176 valence electrons. The van der Waals surface area contributed by atoms with E-state index in [1.807, 2.05) is 65.8 Å². The van der Waals surface area contributed by atoms with E-state index in [2.05, 4.69) is 20.9 Å². The molecular weight excluding hydrogens is 396 g/mol. The number of nitrogens with zero attached hydrogens (tertiary/aromatic N) is 1. The number of carbonyl (C=O) groups excluding carboxylic acids is 1. The molecule has 0 saturated heterocycles. The summed E-state index contributed by atoms with van der Waals surface area (Å²) in [7, 11) is 1.68. The van der Waals surface area contributed by atoms with Crippen LogP contribution in [0.5, 0.6) is 5.75 Å². The number of aliphatic imine (C=N–C) groups is 1. The quantitative estimate of drug-likeness (QED) is 0.279. The predicted octanol–water partition coefficient (Wildman–Crippen LogP) is 3.46. The summed E-state index contributed by atoms with van der Waals surface area (Å²) in [4.78, 5) is 16.7. The molecule has 8 nitrogen and oxygen atoms in total. The lowest BCUT2D eigenvalue weighted by Gasteiger charge is -2.29. The van der Waals surface area contributed by atoms with Gasteiger partial charge in [0.15, 0.2) is 5.96 Å². The van der Waals surface area contributed by atoms with Crippen LogP contribution in [0.4, 0.5) is 4.79 Å². The number of hydrogen-bond donors (Lipinski definition) is 3. The van der Waals surface area contributed by atoms with Gasteiger partial charge in [-0.15, -0.1) is 0 Å². The highest BCUT2D eigenvalue weighted by atomic mass is 16.6. The van der Waals surface area contributed by atoms with Crippen molar-refractivity contribution in [1.29, 1.82) is 0 Å². The van der Waals surface area contributed by atoms with Crippen molar-refractivity contribution in [3.8, 4) is 5.75 Å². The third-order valence-electron chi connectivity index (χ3n) is 3.96. The first-order valence-corrected chi connectivity index (χ1v) is 10.8. The maximum Gasteiger partial charge on any atom is 0.408 e. The number of guanidine groups is 1. The topological polar surface area (TPSA) is 93.2 Å². The molecule has 8 heteroatoms. The van der Waals surface area contributed by atoms with E-state index in [1.165, 1.54) is 0 Å². The van der Waals surface area contributed by atoms with Gasteiger partial charge in [0.25, 0.3) is 0 Å². The Hall–Kier alpha value is -2.48. The van der Waals surface area contributed by atoms with Crippen molar-refractivity contribution < 1.29 is 19.0 Å². The van der Waals surface area contributed by atoms with E-state index in [4.69, 9.17) is 14.2 Å². The third kappa shape index (κ3) is 12.7. The fraction of sp³-hybridized carbons (Fsp3) is 0.652. The third-order valence-corrected chi connectivity index (χ3v) is 3.96. The standard InChI is InChI=1S/C23H40N4O4/c1-8-24-20(26-17-23(5,6)27-21(28)31-22(2,3)4)25-16-18-11-9-12-19(15-18)30-14-10-13-29-7/h9,11-12,15H,8,10,13-14,16-17H2,1-7H3,(H,27,28)(H2,24,25,26). The first-order valence-electron chi connectivity index (χ1n) is 10.8. The molecule has 0 radical (unpaired) electrons. The minimum absolute atomic E-state index is 0.441. The molecule has 0 spiro atoms. The van der Waals surface area contributed by atoms with Gasteiger partial charge in [-0.25, -0.2) is 9.79 Å². The van der Waals surface area contributed by atoms with Gasteiger partial charge in [0, 0.05) is 33.2 Å². The lowest BCUT2D eigenvalue weighted by molar-refractivity contribution is 0.0474. The Balaban J connectivity index is 2.63. The smallest absolute Gasteiger partial charge is 0.408 e. The van der Waals surface area contributed by atoms with Gasteiger partial charge >= 0.3 is 6.09 Å². The van der Waals surface area contributed by atoms with Gasteiger partial charge < -0.3 is 30.2 Å². The maximum atomic E-state index is 12.1. The highest BCUT2D eigenvalue weighted by molar-refractivity contribution is 5.80. The highest BCUT2D eigenvalue weighted by Gasteiger charge is 2.24. The van der Waals surface area contributed by atoms with Gasteiger partial charge in [0.05, 0.1) is 18.7 Å². The molecule has 0 aliphatic rings. The number of hydrogen-bond acceptors (Lipinski definition) is 5. The molecule has 0 unspecified atom stereocenters. The van der Waals surface area contributed by atoms with E-state index in [1.54, 1.807) is 7.11 Å². The minimum atomic E-state index is -0.536. The second-order valence-corrected chi connectivity index (χ2v) is 8.90. The van der Waals surface area contributed by atoms with Crippen molar-refractivity contribution in [2.45, 2.75) is 65.6 Å². The molecule has 0 fully saturated rings. The zero-order chi connectivity index (χ0) is 23.3. The van der Waals surface area contributed by atoms with E-state index >= 15 is 0 Å². The molecule has 31 heavy (non-hydrogen) atoms. The molecule has 1 aromatic carbocycles. The Morgan fingerprint density at radius 2 is 1.84 bits per heavy atom. The van der Waals surface area contributed by atoms with Gasteiger partial charge in [-0.1, -0.05) is 12.1 Å². The summed E-state index contributed by atoms with van der Waals surface area (Å²) in [5.41, 5.74) is -0.00638. The normalized spacial score (nSPS) is 12.3.